The first-order chi connectivity index (χ1) is 16.2. The average Bonchev–Trinajstić information content (AvgIpc) is 3.46. The Hall–Kier alpha value is -3.44. The van der Waals surface area contributed by atoms with Gasteiger partial charge in [-0.2, -0.15) is 18.4 Å². The number of nitrogens with zero attached hydrogens (tertiary/aromatic N) is 3. The van der Waals surface area contributed by atoms with Crippen molar-refractivity contribution in [2.24, 2.45) is 11.8 Å². The Morgan fingerprint density at radius 2 is 2.09 bits per heavy atom. The lowest BCUT2D eigenvalue weighted by Gasteiger charge is -2.27. The van der Waals surface area contributed by atoms with Gasteiger partial charge in [-0.3, -0.25) is 9.59 Å². The third-order valence-corrected chi connectivity index (χ3v) is 6.50. The smallest absolute Gasteiger partial charge is 0.358 e. The topological polar surface area (TPSA) is 128 Å². The molecule has 2 amide bonds. The first-order valence-electron chi connectivity index (χ1n) is 11.2. The van der Waals surface area contributed by atoms with Crippen molar-refractivity contribution in [3.8, 4) is 0 Å². The Labute approximate surface area is 193 Å². The van der Waals surface area contributed by atoms with Crippen molar-refractivity contribution < 1.29 is 22.8 Å². The third kappa shape index (κ3) is 4.75. The number of hydrogen-bond donors (Lipinski definition) is 4. The summed E-state index contributed by atoms with van der Waals surface area (Å²) >= 11 is 0. The number of aromatic nitrogens is 5. The van der Waals surface area contributed by atoms with Crippen molar-refractivity contribution in [3.63, 3.8) is 0 Å². The summed E-state index contributed by atoms with van der Waals surface area (Å²) in [5.74, 6) is -0.897. The molecule has 0 aliphatic heterocycles. The molecule has 0 fully saturated rings. The van der Waals surface area contributed by atoms with Crippen LogP contribution in [0, 0.1) is 11.8 Å². The zero-order valence-electron chi connectivity index (χ0n) is 18.8. The highest BCUT2D eigenvalue weighted by molar-refractivity contribution is 5.91. The van der Waals surface area contributed by atoms with E-state index in [0.717, 1.165) is 17.3 Å². The first kappa shape index (κ1) is 23.7. The van der Waals surface area contributed by atoms with Crippen molar-refractivity contribution in [2.75, 3.05) is 0 Å². The van der Waals surface area contributed by atoms with Gasteiger partial charge in [0.25, 0.3) is 0 Å². The fourth-order valence-electron chi connectivity index (χ4n) is 4.41. The summed E-state index contributed by atoms with van der Waals surface area (Å²) in [5, 5.41) is 19.4. The van der Waals surface area contributed by atoms with Gasteiger partial charge in [0.1, 0.15) is 6.04 Å². The third-order valence-electron chi connectivity index (χ3n) is 6.50. The van der Waals surface area contributed by atoms with Gasteiger partial charge in [0.2, 0.25) is 11.8 Å². The second kappa shape index (κ2) is 9.43. The maximum Gasteiger partial charge on any atom is 0.418 e. The molecule has 4 rings (SSSR count). The van der Waals surface area contributed by atoms with Crippen LogP contribution in [-0.4, -0.2) is 43.5 Å². The monoisotopic (exact) mass is 477 g/mol. The van der Waals surface area contributed by atoms with Crippen molar-refractivity contribution in [2.45, 2.75) is 58.3 Å². The number of carbonyl (C=O) groups is 2. The molecule has 12 heteroatoms. The van der Waals surface area contributed by atoms with E-state index in [1.807, 2.05) is 13.8 Å². The number of benzene rings is 1. The molecular formula is C22H26F3N7O2. The molecule has 4 N–H and O–H groups in total. The number of para-hydroxylation sites is 1. The van der Waals surface area contributed by atoms with E-state index in [0.29, 0.717) is 36.9 Å². The van der Waals surface area contributed by atoms with Crippen molar-refractivity contribution in [3.05, 3.63) is 40.8 Å². The van der Waals surface area contributed by atoms with Gasteiger partial charge < -0.3 is 15.6 Å². The van der Waals surface area contributed by atoms with Gasteiger partial charge in [-0.1, -0.05) is 37.6 Å². The fourth-order valence-corrected chi connectivity index (χ4v) is 4.41. The van der Waals surface area contributed by atoms with Gasteiger partial charge >= 0.3 is 6.18 Å². The van der Waals surface area contributed by atoms with Crippen LogP contribution in [0.3, 0.4) is 0 Å². The van der Waals surface area contributed by atoms with Gasteiger partial charge in [0.15, 0.2) is 5.82 Å². The van der Waals surface area contributed by atoms with E-state index < -0.39 is 23.7 Å². The predicted octanol–water partition coefficient (Wildman–Crippen LogP) is 2.65. The summed E-state index contributed by atoms with van der Waals surface area (Å²) in [4.78, 5) is 28.9. The number of halogens is 3. The highest BCUT2D eigenvalue weighted by Gasteiger charge is 2.36. The molecule has 0 spiro atoms. The van der Waals surface area contributed by atoms with E-state index in [9.17, 15) is 22.8 Å². The van der Waals surface area contributed by atoms with E-state index >= 15 is 0 Å². The number of alkyl halides is 3. The highest BCUT2D eigenvalue weighted by Crippen LogP contribution is 2.39. The number of aryl methyl sites for hydroxylation is 1. The number of carbonyl (C=O) groups excluding carboxylic acids is 2. The van der Waals surface area contributed by atoms with Crippen LogP contribution in [0.5, 0.6) is 0 Å². The van der Waals surface area contributed by atoms with Crippen LogP contribution in [0.2, 0.25) is 0 Å². The number of amides is 2. The lowest BCUT2D eigenvalue weighted by atomic mass is 9.85. The molecule has 2 unspecified atom stereocenters. The van der Waals surface area contributed by atoms with Crippen LogP contribution in [0.1, 0.15) is 49.3 Å². The number of tetrazole rings is 1. The highest BCUT2D eigenvalue weighted by atomic mass is 19.4. The molecule has 1 aromatic carbocycles. The summed E-state index contributed by atoms with van der Waals surface area (Å²) in [5.41, 5.74) is 0.802. The van der Waals surface area contributed by atoms with E-state index in [-0.39, 0.29) is 29.8 Å². The number of fused-ring (bicyclic) bond motifs is 3. The van der Waals surface area contributed by atoms with Gasteiger partial charge in [0.05, 0.1) is 17.6 Å². The lowest BCUT2D eigenvalue weighted by Crippen LogP contribution is -2.52. The number of H-pyrrole nitrogens is 2. The predicted molar refractivity (Wildman–Crippen MR) is 116 cm³/mol. The van der Waals surface area contributed by atoms with Crippen molar-refractivity contribution in [1.29, 1.82) is 0 Å². The maximum absolute atomic E-state index is 13.4. The van der Waals surface area contributed by atoms with Crippen LogP contribution >= 0.6 is 0 Å². The fraction of sp³-hybridized carbons (Fsp3) is 0.500. The summed E-state index contributed by atoms with van der Waals surface area (Å²) in [7, 11) is 0. The minimum absolute atomic E-state index is 0.0550. The molecule has 1 aliphatic rings. The molecule has 0 radical (unpaired) electrons. The molecule has 34 heavy (non-hydrogen) atoms. The minimum Gasteiger partial charge on any atom is -0.358 e. The standard InChI is InChI=1S/C22H26F3N7O2/c1-3-11(2)18(21(34)26-10-17-29-31-32-30-17)28-20(33)12-7-8-16-14(9-12)13-5-4-6-15(19(13)27-16)22(23,24)25/h4-6,11-12,18,27H,3,7-10H2,1-2H3,(H,26,34)(H,28,33)(H,29,30,31,32)/t11?,12?,18-/m0/s1. The van der Waals surface area contributed by atoms with Crippen LogP contribution in [0.4, 0.5) is 13.2 Å². The zero-order chi connectivity index (χ0) is 24.5. The molecule has 182 valence electrons. The maximum atomic E-state index is 13.4. The Bertz CT molecular complexity index is 1170. The quantitative estimate of drug-likeness (QED) is 0.416. The number of rotatable bonds is 7. The largest absolute Gasteiger partial charge is 0.418 e. The second-order valence-electron chi connectivity index (χ2n) is 8.67. The van der Waals surface area contributed by atoms with E-state index in [1.54, 1.807) is 6.07 Å². The number of aromatic amines is 2. The van der Waals surface area contributed by atoms with E-state index in [4.69, 9.17) is 0 Å². The summed E-state index contributed by atoms with van der Waals surface area (Å²) in [6, 6.07) is 3.33. The molecule has 2 heterocycles. The normalized spacial score (nSPS) is 17.7. The van der Waals surface area contributed by atoms with Crippen LogP contribution in [-0.2, 0) is 35.2 Å². The van der Waals surface area contributed by atoms with Gasteiger partial charge in [-0.25, -0.2) is 0 Å². The summed E-state index contributed by atoms with van der Waals surface area (Å²) < 4.78 is 40.3. The van der Waals surface area contributed by atoms with Crippen molar-refractivity contribution >= 4 is 22.7 Å². The van der Waals surface area contributed by atoms with Gasteiger partial charge in [0, 0.05) is 17.0 Å². The molecule has 9 nitrogen and oxygen atoms in total. The van der Waals surface area contributed by atoms with Crippen LogP contribution in [0.25, 0.3) is 10.9 Å². The molecule has 0 bridgehead atoms. The SMILES string of the molecule is CCC(C)[C@H](NC(=O)C1CCc2[nH]c3c(C(F)(F)F)cccc3c2C1)C(=O)NCc1nn[nH]n1. The second-order valence-corrected chi connectivity index (χ2v) is 8.67. The molecule has 3 atom stereocenters. The van der Waals surface area contributed by atoms with Gasteiger partial charge in [-0.05, 0) is 36.8 Å². The van der Waals surface area contributed by atoms with E-state index in [2.05, 4.69) is 36.2 Å². The van der Waals surface area contributed by atoms with E-state index in [1.165, 1.54) is 6.07 Å². The van der Waals surface area contributed by atoms with Crippen molar-refractivity contribution in [1.82, 2.24) is 36.2 Å². The minimum atomic E-state index is -4.47. The molecule has 3 aromatic rings. The lowest BCUT2D eigenvalue weighted by molar-refractivity contribution is -0.136. The number of hydrogen-bond acceptors (Lipinski definition) is 5. The number of nitrogens with one attached hydrogen (secondary N) is 4. The Kier molecular flexibility index (Phi) is 6.58. The van der Waals surface area contributed by atoms with Crippen LogP contribution < -0.4 is 10.6 Å². The Morgan fingerprint density at radius 3 is 2.76 bits per heavy atom. The Balaban J connectivity index is 1.49. The zero-order valence-corrected chi connectivity index (χ0v) is 18.8. The summed E-state index contributed by atoms with van der Waals surface area (Å²) in [6.45, 7) is 3.87. The van der Waals surface area contributed by atoms with Gasteiger partial charge in [-0.15, -0.1) is 10.2 Å². The average molecular weight is 477 g/mol. The molecule has 1 aliphatic carbocycles. The summed E-state index contributed by atoms with van der Waals surface area (Å²) in [6.07, 6.45) is -2.57. The molecule has 0 saturated heterocycles. The molecule has 2 aromatic heterocycles. The Morgan fingerprint density at radius 1 is 1.29 bits per heavy atom. The molecule has 0 saturated carbocycles. The van der Waals surface area contributed by atoms with Crippen LogP contribution in [0.15, 0.2) is 18.2 Å². The first-order valence-corrected chi connectivity index (χ1v) is 11.2. The molecular weight excluding hydrogens is 451 g/mol.